The van der Waals surface area contributed by atoms with E-state index in [1.54, 1.807) is 0 Å². The van der Waals surface area contributed by atoms with E-state index in [2.05, 4.69) is 22.5 Å². The van der Waals surface area contributed by atoms with Gasteiger partial charge in [-0.1, -0.05) is 6.92 Å². The number of likely N-dealkylation sites (tertiary alicyclic amines) is 2. The monoisotopic (exact) mass is 350 g/mol. The van der Waals surface area contributed by atoms with E-state index in [1.807, 2.05) is 4.90 Å². The minimum Gasteiger partial charge on any atom is -0.356 e. The summed E-state index contributed by atoms with van der Waals surface area (Å²) in [4.78, 5) is 29.1. The summed E-state index contributed by atoms with van der Waals surface area (Å²) in [7, 11) is 0. The Bertz CT molecular complexity index is 464. The zero-order valence-corrected chi connectivity index (χ0v) is 15.6. The lowest BCUT2D eigenvalue weighted by Crippen LogP contribution is -2.41. The largest absolute Gasteiger partial charge is 0.356 e. The lowest BCUT2D eigenvalue weighted by atomic mass is 9.96. The van der Waals surface area contributed by atoms with E-state index in [4.69, 9.17) is 0 Å². The van der Waals surface area contributed by atoms with Gasteiger partial charge in [0.25, 0.3) is 0 Å². The first-order chi connectivity index (χ1) is 12.2. The summed E-state index contributed by atoms with van der Waals surface area (Å²) >= 11 is 0. The van der Waals surface area contributed by atoms with E-state index in [9.17, 15) is 9.59 Å². The molecule has 0 radical (unpaired) electrons. The molecule has 2 amide bonds. The SMILES string of the molecule is CCN1CCCC1CN1CC(C(=O)NCCC2CCCNC2)CC1=O. The third-order valence-corrected chi connectivity index (χ3v) is 6.17. The number of nitrogens with zero attached hydrogens (tertiary/aromatic N) is 2. The van der Waals surface area contributed by atoms with Crippen molar-refractivity contribution in [3.05, 3.63) is 0 Å². The summed E-state index contributed by atoms with van der Waals surface area (Å²) in [6, 6.07) is 0.481. The molecule has 3 aliphatic rings. The summed E-state index contributed by atoms with van der Waals surface area (Å²) in [6.45, 7) is 8.70. The average Bonchev–Trinajstić information content (AvgIpc) is 3.23. The van der Waals surface area contributed by atoms with E-state index in [1.165, 1.54) is 25.7 Å². The lowest BCUT2D eigenvalue weighted by Gasteiger charge is -2.27. The Morgan fingerprint density at radius 1 is 1.32 bits per heavy atom. The Hall–Kier alpha value is -1.14. The predicted molar refractivity (Wildman–Crippen MR) is 98.2 cm³/mol. The first-order valence-electron chi connectivity index (χ1n) is 10.2. The molecule has 0 saturated carbocycles. The molecule has 3 atom stereocenters. The molecule has 0 aromatic carbocycles. The predicted octanol–water partition coefficient (Wildman–Crippen LogP) is 0.825. The third kappa shape index (κ3) is 4.94. The average molecular weight is 351 g/mol. The lowest BCUT2D eigenvalue weighted by molar-refractivity contribution is -0.129. The number of carbonyl (C=O) groups excluding carboxylic acids is 2. The molecule has 3 aliphatic heterocycles. The fraction of sp³-hybridized carbons (Fsp3) is 0.895. The van der Waals surface area contributed by atoms with Crippen LogP contribution < -0.4 is 10.6 Å². The Labute approximate surface area is 151 Å². The summed E-state index contributed by atoms with van der Waals surface area (Å²) in [5, 5.41) is 6.48. The number of hydrogen-bond acceptors (Lipinski definition) is 4. The molecule has 3 heterocycles. The molecule has 3 rings (SSSR count). The summed E-state index contributed by atoms with van der Waals surface area (Å²) in [6.07, 6.45) is 6.31. The van der Waals surface area contributed by atoms with E-state index < -0.39 is 0 Å². The van der Waals surface area contributed by atoms with Crippen LogP contribution in [0.15, 0.2) is 0 Å². The van der Waals surface area contributed by atoms with Crippen molar-refractivity contribution in [2.75, 3.05) is 45.8 Å². The van der Waals surface area contributed by atoms with Crippen LogP contribution in [0, 0.1) is 11.8 Å². The minimum atomic E-state index is -0.159. The highest BCUT2D eigenvalue weighted by Gasteiger charge is 2.36. The van der Waals surface area contributed by atoms with Gasteiger partial charge in [0.2, 0.25) is 11.8 Å². The van der Waals surface area contributed by atoms with Crippen molar-refractivity contribution < 1.29 is 9.59 Å². The van der Waals surface area contributed by atoms with Gasteiger partial charge in [0.1, 0.15) is 0 Å². The van der Waals surface area contributed by atoms with E-state index in [0.29, 0.717) is 24.9 Å². The van der Waals surface area contributed by atoms with Crippen LogP contribution in [0.4, 0.5) is 0 Å². The Kier molecular flexibility index (Phi) is 6.70. The maximum atomic E-state index is 12.4. The van der Waals surface area contributed by atoms with Crippen molar-refractivity contribution in [3.63, 3.8) is 0 Å². The first-order valence-corrected chi connectivity index (χ1v) is 10.2. The summed E-state index contributed by atoms with van der Waals surface area (Å²) in [5.41, 5.74) is 0. The molecule has 142 valence electrons. The van der Waals surface area contributed by atoms with Gasteiger partial charge in [-0.05, 0) is 64.2 Å². The van der Waals surface area contributed by atoms with Crippen LogP contribution in [0.5, 0.6) is 0 Å². The molecule has 6 nitrogen and oxygen atoms in total. The third-order valence-electron chi connectivity index (χ3n) is 6.17. The quantitative estimate of drug-likeness (QED) is 0.714. The molecule has 3 unspecified atom stereocenters. The van der Waals surface area contributed by atoms with Crippen molar-refractivity contribution in [3.8, 4) is 0 Å². The molecular weight excluding hydrogens is 316 g/mol. The zero-order valence-electron chi connectivity index (χ0n) is 15.6. The fourth-order valence-corrected chi connectivity index (χ4v) is 4.61. The molecule has 2 N–H and O–H groups in total. The molecule has 3 saturated heterocycles. The zero-order chi connectivity index (χ0) is 17.6. The maximum absolute atomic E-state index is 12.4. The molecule has 0 aromatic rings. The highest BCUT2D eigenvalue weighted by Crippen LogP contribution is 2.23. The molecule has 3 fully saturated rings. The van der Waals surface area contributed by atoms with Crippen molar-refractivity contribution in [2.24, 2.45) is 11.8 Å². The summed E-state index contributed by atoms with van der Waals surface area (Å²) in [5.74, 6) is 0.740. The second-order valence-corrected chi connectivity index (χ2v) is 7.92. The maximum Gasteiger partial charge on any atom is 0.225 e. The van der Waals surface area contributed by atoms with Crippen molar-refractivity contribution in [2.45, 2.75) is 51.5 Å². The van der Waals surface area contributed by atoms with Gasteiger partial charge in [-0.25, -0.2) is 0 Å². The highest BCUT2D eigenvalue weighted by molar-refractivity contribution is 5.89. The van der Waals surface area contributed by atoms with E-state index in [0.717, 1.165) is 45.7 Å². The number of nitrogens with one attached hydrogen (secondary N) is 2. The van der Waals surface area contributed by atoms with Crippen molar-refractivity contribution in [1.29, 1.82) is 0 Å². The number of piperidine rings is 1. The van der Waals surface area contributed by atoms with Gasteiger partial charge in [0.15, 0.2) is 0 Å². The molecule has 0 aliphatic carbocycles. The fourth-order valence-electron chi connectivity index (χ4n) is 4.61. The molecular formula is C19H34N4O2. The van der Waals surface area contributed by atoms with Crippen LogP contribution in [-0.4, -0.2) is 73.5 Å². The number of likely N-dealkylation sites (N-methyl/N-ethyl adjacent to an activating group) is 1. The van der Waals surface area contributed by atoms with Crippen LogP contribution in [0.1, 0.15) is 45.4 Å². The number of amides is 2. The molecule has 25 heavy (non-hydrogen) atoms. The Morgan fingerprint density at radius 2 is 2.20 bits per heavy atom. The van der Waals surface area contributed by atoms with Crippen molar-refractivity contribution >= 4 is 11.8 Å². The van der Waals surface area contributed by atoms with Gasteiger partial charge in [-0.15, -0.1) is 0 Å². The molecule has 0 aromatic heterocycles. The standard InChI is InChI=1S/C19H34N4O2/c1-2-22-10-4-6-17(22)14-23-13-16(11-18(23)24)19(25)21-9-7-15-5-3-8-20-12-15/h15-17,20H,2-14H2,1H3,(H,21,25). The topological polar surface area (TPSA) is 64.7 Å². The van der Waals surface area contributed by atoms with Gasteiger partial charge in [-0.3, -0.25) is 14.5 Å². The molecule has 0 spiro atoms. The van der Waals surface area contributed by atoms with E-state index >= 15 is 0 Å². The van der Waals surface area contributed by atoms with Crippen LogP contribution in [0.2, 0.25) is 0 Å². The van der Waals surface area contributed by atoms with E-state index in [-0.39, 0.29) is 17.7 Å². The van der Waals surface area contributed by atoms with Gasteiger partial charge in [0, 0.05) is 32.1 Å². The van der Waals surface area contributed by atoms with Gasteiger partial charge in [0.05, 0.1) is 5.92 Å². The second-order valence-electron chi connectivity index (χ2n) is 7.92. The van der Waals surface area contributed by atoms with Crippen LogP contribution in [-0.2, 0) is 9.59 Å². The number of rotatable bonds is 7. The van der Waals surface area contributed by atoms with Gasteiger partial charge < -0.3 is 15.5 Å². The second kappa shape index (κ2) is 8.99. The Morgan fingerprint density at radius 3 is 2.96 bits per heavy atom. The molecule has 0 bridgehead atoms. The van der Waals surface area contributed by atoms with Crippen molar-refractivity contribution in [1.82, 2.24) is 20.4 Å². The first kappa shape index (κ1) is 18.6. The number of hydrogen-bond donors (Lipinski definition) is 2. The molecule has 6 heteroatoms. The Balaban J connectivity index is 1.39. The van der Waals surface area contributed by atoms with Crippen LogP contribution in [0.3, 0.4) is 0 Å². The highest BCUT2D eigenvalue weighted by atomic mass is 16.2. The van der Waals surface area contributed by atoms with Crippen LogP contribution >= 0.6 is 0 Å². The van der Waals surface area contributed by atoms with Gasteiger partial charge >= 0.3 is 0 Å². The normalized spacial score (nSPS) is 30.8. The van der Waals surface area contributed by atoms with Crippen LogP contribution in [0.25, 0.3) is 0 Å². The number of carbonyl (C=O) groups is 2. The summed E-state index contributed by atoms with van der Waals surface area (Å²) < 4.78 is 0. The van der Waals surface area contributed by atoms with Gasteiger partial charge in [-0.2, -0.15) is 0 Å². The smallest absolute Gasteiger partial charge is 0.225 e. The minimum absolute atomic E-state index is 0.0680.